The van der Waals surface area contributed by atoms with Crippen LogP contribution in [0.3, 0.4) is 0 Å². The number of Topliss-reactive ketones (excluding diaryl/α,β-unsaturated/α-hetero) is 1. The van der Waals surface area contributed by atoms with Crippen molar-refractivity contribution in [1.82, 2.24) is 14.4 Å². The zero-order valence-electron chi connectivity index (χ0n) is 25.8. The van der Waals surface area contributed by atoms with E-state index in [-0.39, 0.29) is 17.0 Å². The monoisotopic (exact) mass is 626 g/mol. The fourth-order valence-corrected chi connectivity index (χ4v) is 6.59. The molecule has 3 aromatic heterocycles. The lowest BCUT2D eigenvalue weighted by atomic mass is 9.96. The van der Waals surface area contributed by atoms with E-state index in [0.717, 1.165) is 23.1 Å². The zero-order chi connectivity index (χ0) is 31.8. The third-order valence-electron chi connectivity index (χ3n) is 7.88. The fourth-order valence-electron chi connectivity index (χ4n) is 5.57. The number of carbonyl (C=O) groups excluding carboxylic acids is 2. The summed E-state index contributed by atoms with van der Waals surface area (Å²) < 4.78 is 19.9. The summed E-state index contributed by atoms with van der Waals surface area (Å²) in [5, 5.41) is 12.2. The van der Waals surface area contributed by atoms with E-state index in [1.165, 1.54) is 23.3 Å². The van der Waals surface area contributed by atoms with Gasteiger partial charge in [0.05, 0.1) is 47.8 Å². The Labute approximate surface area is 264 Å². The van der Waals surface area contributed by atoms with E-state index in [1.807, 2.05) is 61.7 Å². The van der Waals surface area contributed by atoms with Crippen LogP contribution in [0, 0.1) is 13.8 Å². The molecule has 0 radical (unpaired) electrons. The van der Waals surface area contributed by atoms with Gasteiger partial charge in [0.15, 0.2) is 22.4 Å². The molecule has 1 amide bonds. The van der Waals surface area contributed by atoms with Crippen molar-refractivity contribution in [1.29, 1.82) is 0 Å². The maximum atomic E-state index is 13.9. The molecule has 10 nitrogen and oxygen atoms in total. The second kappa shape index (κ2) is 12.2. The van der Waals surface area contributed by atoms with Crippen molar-refractivity contribution in [3.63, 3.8) is 0 Å². The van der Waals surface area contributed by atoms with Crippen LogP contribution in [-0.2, 0) is 9.59 Å². The highest BCUT2D eigenvalue weighted by Gasteiger charge is 2.49. The lowest BCUT2D eigenvalue weighted by Crippen LogP contribution is -2.29. The minimum absolute atomic E-state index is 0.0832. The fraction of sp³-hybridized carbons (Fsp3) is 0.294. The highest BCUT2D eigenvalue weighted by Crippen LogP contribution is 2.46. The molecule has 11 heteroatoms. The summed E-state index contributed by atoms with van der Waals surface area (Å²) in [4.78, 5) is 38.5. The molecule has 0 saturated carbocycles. The number of nitrogens with zero attached hydrogens (tertiary/aromatic N) is 4. The lowest BCUT2D eigenvalue weighted by molar-refractivity contribution is -0.132. The number of ether oxygens (including phenoxy) is 3. The molecule has 6 rings (SSSR count). The minimum Gasteiger partial charge on any atom is -0.505 e. The Balaban J connectivity index is 1.55. The van der Waals surface area contributed by atoms with Crippen molar-refractivity contribution in [2.75, 3.05) is 25.2 Å². The quantitative estimate of drug-likeness (QED) is 0.0782. The summed E-state index contributed by atoms with van der Waals surface area (Å²) in [6, 6.07) is 13.6. The Kier molecular flexibility index (Phi) is 8.20. The Morgan fingerprint density at radius 2 is 1.84 bits per heavy atom. The molecule has 0 aliphatic carbocycles. The number of rotatable bonds is 10. The van der Waals surface area contributed by atoms with Gasteiger partial charge in [-0.25, -0.2) is 9.97 Å². The molecule has 1 aliphatic rings. The number of unbranched alkanes of at least 4 members (excludes halogenated alkanes) is 1. The van der Waals surface area contributed by atoms with Crippen molar-refractivity contribution in [3.8, 4) is 17.2 Å². The summed E-state index contributed by atoms with van der Waals surface area (Å²) in [6.45, 7) is 8.75. The molecular weight excluding hydrogens is 592 g/mol. The zero-order valence-corrected chi connectivity index (χ0v) is 26.6. The Morgan fingerprint density at radius 3 is 2.58 bits per heavy atom. The highest BCUT2D eigenvalue weighted by molar-refractivity contribution is 7.22. The second-order valence-corrected chi connectivity index (χ2v) is 11.8. The maximum Gasteiger partial charge on any atom is 0.301 e. The van der Waals surface area contributed by atoms with Crippen molar-refractivity contribution in [2.45, 2.75) is 46.6 Å². The SMILES string of the molecule is CCCCOc1ccc(C2/C(=C(\O)c3nc4c(C)cccn4c3C)C(=O)C(=O)N2c2nc3ccc(OCC)cc3s2)cc1OC. The predicted octanol–water partition coefficient (Wildman–Crippen LogP) is 6.77. The summed E-state index contributed by atoms with van der Waals surface area (Å²) in [7, 11) is 1.54. The summed E-state index contributed by atoms with van der Waals surface area (Å²) in [5.74, 6) is -0.322. The first-order valence-corrected chi connectivity index (χ1v) is 15.7. The van der Waals surface area contributed by atoms with Crippen LogP contribution in [0.15, 0.2) is 60.3 Å². The van der Waals surface area contributed by atoms with Crippen molar-refractivity contribution in [3.05, 3.63) is 82.8 Å². The van der Waals surface area contributed by atoms with Gasteiger partial charge in [-0.2, -0.15) is 0 Å². The number of fused-ring (bicyclic) bond motifs is 2. The number of hydrogen-bond acceptors (Lipinski definition) is 9. The van der Waals surface area contributed by atoms with Crippen LogP contribution in [0.1, 0.15) is 55.2 Å². The standard InChI is InChI=1S/C34H34N4O6S/c1-6-8-16-44-24-14-11-21(17-25(24)42-5)29-27(30(39)28-20(4)37-15-9-10-19(3)32(37)36-28)31(40)33(41)38(29)34-35-23-13-12-22(43-7-2)18-26(23)45-34/h9-15,17-18,29,39H,6-8,16H2,1-5H3/b30-27+. The molecule has 1 aliphatic heterocycles. The molecule has 2 aromatic carbocycles. The van der Waals surface area contributed by atoms with Crippen molar-refractivity contribution >= 4 is 49.8 Å². The van der Waals surface area contributed by atoms with Gasteiger partial charge in [0.1, 0.15) is 17.1 Å². The molecular formula is C34H34N4O6S. The number of imidazole rings is 1. The number of hydrogen-bond donors (Lipinski definition) is 1. The average Bonchev–Trinajstić information content (AvgIpc) is 3.69. The molecule has 1 atom stereocenters. The van der Waals surface area contributed by atoms with E-state index >= 15 is 0 Å². The lowest BCUT2D eigenvalue weighted by Gasteiger charge is -2.23. The van der Waals surface area contributed by atoms with Crippen LogP contribution in [0.5, 0.6) is 17.2 Å². The van der Waals surface area contributed by atoms with Gasteiger partial charge in [-0.3, -0.25) is 14.5 Å². The van der Waals surface area contributed by atoms with Gasteiger partial charge >= 0.3 is 5.91 Å². The number of aliphatic hydroxyl groups is 1. The van der Waals surface area contributed by atoms with Gasteiger partial charge in [-0.1, -0.05) is 36.8 Å². The van der Waals surface area contributed by atoms with Gasteiger partial charge in [0, 0.05) is 6.20 Å². The number of amides is 1. The van der Waals surface area contributed by atoms with E-state index < -0.39 is 17.7 Å². The molecule has 0 spiro atoms. The van der Waals surface area contributed by atoms with E-state index in [4.69, 9.17) is 24.2 Å². The molecule has 45 heavy (non-hydrogen) atoms. The number of benzene rings is 2. The maximum absolute atomic E-state index is 13.9. The largest absolute Gasteiger partial charge is 0.505 e. The van der Waals surface area contributed by atoms with Crippen molar-refractivity contribution in [2.24, 2.45) is 0 Å². The number of thiazole rings is 1. The third kappa shape index (κ3) is 5.27. The van der Waals surface area contributed by atoms with Gasteiger partial charge in [0.2, 0.25) is 0 Å². The highest BCUT2D eigenvalue weighted by atomic mass is 32.1. The van der Waals surface area contributed by atoms with Gasteiger partial charge in [-0.05, 0) is 74.7 Å². The summed E-state index contributed by atoms with van der Waals surface area (Å²) in [6.07, 6.45) is 3.70. The Morgan fingerprint density at radius 1 is 1.02 bits per heavy atom. The van der Waals surface area contributed by atoms with Crippen LogP contribution in [0.25, 0.3) is 21.6 Å². The van der Waals surface area contributed by atoms with Crippen LogP contribution >= 0.6 is 11.3 Å². The average molecular weight is 627 g/mol. The van der Waals surface area contributed by atoms with E-state index in [0.29, 0.717) is 58.0 Å². The number of methoxy groups -OCH3 is 1. The van der Waals surface area contributed by atoms with Crippen LogP contribution in [0.4, 0.5) is 5.13 Å². The Bertz CT molecular complexity index is 1980. The van der Waals surface area contributed by atoms with E-state index in [2.05, 4.69) is 6.92 Å². The molecule has 1 N–H and O–H groups in total. The molecule has 5 aromatic rings. The topological polar surface area (TPSA) is 115 Å². The minimum atomic E-state index is -1.01. The van der Waals surface area contributed by atoms with Gasteiger partial charge in [-0.15, -0.1) is 0 Å². The number of aryl methyl sites for hydroxylation is 2. The molecule has 1 fully saturated rings. The Hall–Kier alpha value is -4.90. The first kappa shape index (κ1) is 30.1. The summed E-state index contributed by atoms with van der Waals surface area (Å²) in [5.41, 5.74) is 3.53. The second-order valence-electron chi connectivity index (χ2n) is 10.8. The normalized spacial score (nSPS) is 16.2. The van der Waals surface area contributed by atoms with Gasteiger partial charge in [0.25, 0.3) is 5.78 Å². The molecule has 1 saturated heterocycles. The predicted molar refractivity (Wildman–Crippen MR) is 174 cm³/mol. The third-order valence-corrected chi connectivity index (χ3v) is 8.89. The summed E-state index contributed by atoms with van der Waals surface area (Å²) >= 11 is 1.27. The molecule has 0 bridgehead atoms. The number of aromatic nitrogens is 3. The molecule has 4 heterocycles. The molecule has 1 unspecified atom stereocenters. The number of anilines is 1. The first-order valence-electron chi connectivity index (χ1n) is 14.9. The van der Waals surface area contributed by atoms with E-state index in [9.17, 15) is 14.7 Å². The van der Waals surface area contributed by atoms with Crippen LogP contribution in [0.2, 0.25) is 0 Å². The van der Waals surface area contributed by atoms with Gasteiger partial charge < -0.3 is 23.7 Å². The molecule has 232 valence electrons. The van der Waals surface area contributed by atoms with E-state index in [1.54, 1.807) is 18.2 Å². The van der Waals surface area contributed by atoms with Crippen molar-refractivity contribution < 1.29 is 28.9 Å². The number of carbonyl (C=O) groups is 2. The van der Waals surface area contributed by atoms with Crippen LogP contribution < -0.4 is 19.1 Å². The van der Waals surface area contributed by atoms with Crippen LogP contribution in [-0.4, -0.2) is 51.5 Å². The first-order chi connectivity index (χ1) is 21.8. The smallest absolute Gasteiger partial charge is 0.301 e. The number of aliphatic hydroxyl groups excluding tert-OH is 1. The number of ketones is 1. The number of pyridine rings is 1.